The normalized spacial score (nSPS) is 18.6. The second-order valence-electron chi connectivity index (χ2n) is 6.54. The Morgan fingerprint density at radius 3 is 2.33 bits per heavy atom. The van der Waals surface area contributed by atoms with Gasteiger partial charge in [0.25, 0.3) is 5.91 Å². The fourth-order valence-electron chi connectivity index (χ4n) is 3.59. The summed E-state index contributed by atoms with van der Waals surface area (Å²) < 4.78 is 0. The highest BCUT2D eigenvalue weighted by Crippen LogP contribution is 2.42. The molecule has 0 aromatic heterocycles. The first-order chi connectivity index (χ1) is 13.0. The Balaban J connectivity index is 1.72. The van der Waals surface area contributed by atoms with Crippen LogP contribution in [0.15, 0.2) is 72.8 Å². The van der Waals surface area contributed by atoms with Crippen molar-refractivity contribution in [3.63, 3.8) is 0 Å². The Morgan fingerprint density at radius 2 is 1.59 bits per heavy atom. The van der Waals surface area contributed by atoms with E-state index < -0.39 is 5.72 Å². The van der Waals surface area contributed by atoms with E-state index in [1.807, 2.05) is 48.5 Å². The molecule has 4 rings (SSSR count). The molecule has 3 aromatic rings. The fourth-order valence-corrected chi connectivity index (χ4v) is 3.91. The molecule has 0 aliphatic carbocycles. The minimum absolute atomic E-state index is 0.183. The Labute approximate surface area is 167 Å². The van der Waals surface area contributed by atoms with E-state index in [1.54, 1.807) is 24.3 Å². The molecular formula is C22H17Cl2NO2. The van der Waals surface area contributed by atoms with Crippen molar-refractivity contribution in [2.75, 3.05) is 6.54 Å². The molecule has 3 aromatic carbocycles. The van der Waals surface area contributed by atoms with Crippen LogP contribution in [-0.4, -0.2) is 22.5 Å². The van der Waals surface area contributed by atoms with Gasteiger partial charge in [-0.05, 0) is 30.2 Å². The van der Waals surface area contributed by atoms with E-state index in [1.165, 1.54) is 4.90 Å². The maximum absolute atomic E-state index is 13.0. The molecule has 3 nitrogen and oxygen atoms in total. The van der Waals surface area contributed by atoms with Gasteiger partial charge in [-0.3, -0.25) is 4.79 Å². The Morgan fingerprint density at radius 1 is 0.889 bits per heavy atom. The summed E-state index contributed by atoms with van der Waals surface area (Å²) in [7, 11) is 0. The number of benzene rings is 3. The van der Waals surface area contributed by atoms with Gasteiger partial charge < -0.3 is 10.0 Å². The zero-order chi connectivity index (χ0) is 19.0. The van der Waals surface area contributed by atoms with Crippen molar-refractivity contribution in [3.05, 3.63) is 105 Å². The average Bonchev–Trinajstić information content (AvgIpc) is 2.92. The zero-order valence-electron chi connectivity index (χ0n) is 14.4. The number of hydrogen-bond acceptors (Lipinski definition) is 2. The molecule has 1 unspecified atom stereocenters. The topological polar surface area (TPSA) is 40.5 Å². The van der Waals surface area contributed by atoms with Crippen molar-refractivity contribution in [2.45, 2.75) is 12.1 Å². The summed E-state index contributed by atoms with van der Waals surface area (Å²) in [5, 5.41) is 12.6. The molecular weight excluding hydrogens is 381 g/mol. The molecule has 0 radical (unpaired) electrons. The summed E-state index contributed by atoms with van der Waals surface area (Å²) in [5.41, 5.74) is 1.25. The van der Waals surface area contributed by atoms with Crippen molar-refractivity contribution in [3.8, 4) is 0 Å². The smallest absolute Gasteiger partial charge is 0.257 e. The van der Waals surface area contributed by atoms with E-state index in [-0.39, 0.29) is 5.91 Å². The van der Waals surface area contributed by atoms with Crippen molar-refractivity contribution in [1.82, 2.24) is 4.90 Å². The largest absolute Gasteiger partial charge is 0.363 e. The van der Waals surface area contributed by atoms with E-state index in [2.05, 4.69) is 0 Å². The molecule has 0 fully saturated rings. The molecule has 1 aliphatic heterocycles. The van der Waals surface area contributed by atoms with Crippen LogP contribution < -0.4 is 0 Å². The quantitative estimate of drug-likeness (QED) is 0.680. The molecule has 0 saturated heterocycles. The monoisotopic (exact) mass is 397 g/mol. The number of aliphatic hydroxyl groups is 1. The molecule has 1 N–H and O–H groups in total. The van der Waals surface area contributed by atoms with Crippen molar-refractivity contribution >= 4 is 29.1 Å². The van der Waals surface area contributed by atoms with Gasteiger partial charge in [-0.2, -0.15) is 0 Å². The molecule has 27 heavy (non-hydrogen) atoms. The summed E-state index contributed by atoms with van der Waals surface area (Å²) in [6, 6.07) is 21.9. The van der Waals surface area contributed by atoms with Gasteiger partial charge in [-0.1, -0.05) is 77.8 Å². The lowest BCUT2D eigenvalue weighted by molar-refractivity contribution is -0.0493. The SMILES string of the molecule is O=C1c2ccccc2C(O)(c2ccccc2)N1CCc1ccc(Cl)c(Cl)c1. The summed E-state index contributed by atoms with van der Waals surface area (Å²) >= 11 is 12.1. The maximum atomic E-state index is 13.0. The highest BCUT2D eigenvalue weighted by Gasteiger charge is 2.49. The molecule has 0 spiro atoms. The number of carbonyl (C=O) groups is 1. The molecule has 1 amide bonds. The van der Waals surface area contributed by atoms with Crippen molar-refractivity contribution in [1.29, 1.82) is 0 Å². The first-order valence-corrected chi connectivity index (χ1v) is 9.40. The summed E-state index contributed by atoms with van der Waals surface area (Å²) in [4.78, 5) is 14.6. The summed E-state index contributed by atoms with van der Waals surface area (Å²) in [6.45, 7) is 0.344. The third kappa shape index (κ3) is 3.02. The van der Waals surface area contributed by atoms with Gasteiger partial charge in [0.15, 0.2) is 5.72 Å². The molecule has 1 atom stereocenters. The van der Waals surface area contributed by atoms with Crippen LogP contribution in [0.2, 0.25) is 10.0 Å². The van der Waals surface area contributed by atoms with Gasteiger partial charge in [0.05, 0.1) is 10.0 Å². The summed E-state index contributed by atoms with van der Waals surface area (Å²) in [5.74, 6) is -0.183. The number of rotatable bonds is 4. The number of hydrogen-bond donors (Lipinski definition) is 1. The van der Waals surface area contributed by atoms with Gasteiger partial charge in [-0.25, -0.2) is 0 Å². The van der Waals surface area contributed by atoms with Crippen LogP contribution >= 0.6 is 23.2 Å². The van der Waals surface area contributed by atoms with Crippen LogP contribution in [0.4, 0.5) is 0 Å². The Hall–Kier alpha value is -2.33. The molecule has 5 heteroatoms. The van der Waals surface area contributed by atoms with Gasteiger partial charge >= 0.3 is 0 Å². The molecule has 1 heterocycles. The number of halogens is 2. The van der Waals surface area contributed by atoms with Crippen LogP contribution in [0.25, 0.3) is 0 Å². The van der Waals surface area contributed by atoms with Crippen LogP contribution in [0.1, 0.15) is 27.0 Å². The van der Waals surface area contributed by atoms with E-state index in [4.69, 9.17) is 23.2 Å². The van der Waals surface area contributed by atoms with Gasteiger partial charge in [0, 0.05) is 23.2 Å². The van der Waals surface area contributed by atoms with Crippen LogP contribution in [0.5, 0.6) is 0 Å². The lowest BCUT2D eigenvalue weighted by Crippen LogP contribution is -2.45. The predicted molar refractivity (Wildman–Crippen MR) is 107 cm³/mol. The minimum atomic E-state index is -1.49. The molecule has 0 bridgehead atoms. The standard InChI is InChI=1S/C22H17Cl2NO2/c23-19-11-10-15(14-20(19)24)12-13-25-21(26)17-8-4-5-9-18(17)22(25,27)16-6-2-1-3-7-16/h1-11,14,27H,12-13H2. The first-order valence-electron chi connectivity index (χ1n) is 8.65. The number of carbonyl (C=O) groups excluding carboxylic acids is 1. The second-order valence-corrected chi connectivity index (χ2v) is 7.35. The van der Waals surface area contributed by atoms with Crippen molar-refractivity contribution < 1.29 is 9.90 Å². The van der Waals surface area contributed by atoms with E-state index in [9.17, 15) is 9.90 Å². The highest BCUT2D eigenvalue weighted by molar-refractivity contribution is 6.42. The summed E-state index contributed by atoms with van der Waals surface area (Å²) in [6.07, 6.45) is 0.547. The van der Waals surface area contributed by atoms with Crippen LogP contribution in [0.3, 0.4) is 0 Å². The van der Waals surface area contributed by atoms with E-state index >= 15 is 0 Å². The number of amides is 1. The number of fused-ring (bicyclic) bond motifs is 1. The lowest BCUT2D eigenvalue weighted by Gasteiger charge is -2.35. The Bertz CT molecular complexity index is 1010. The maximum Gasteiger partial charge on any atom is 0.257 e. The highest BCUT2D eigenvalue weighted by atomic mass is 35.5. The van der Waals surface area contributed by atoms with Crippen LogP contribution in [0, 0.1) is 0 Å². The van der Waals surface area contributed by atoms with Gasteiger partial charge in [0.2, 0.25) is 0 Å². The minimum Gasteiger partial charge on any atom is -0.363 e. The average molecular weight is 398 g/mol. The number of nitrogens with zero attached hydrogens (tertiary/aromatic N) is 1. The third-order valence-corrected chi connectivity index (χ3v) is 5.69. The Kier molecular flexibility index (Phi) is 4.68. The van der Waals surface area contributed by atoms with E-state index in [0.29, 0.717) is 39.7 Å². The van der Waals surface area contributed by atoms with Gasteiger partial charge in [-0.15, -0.1) is 0 Å². The predicted octanol–water partition coefficient (Wildman–Crippen LogP) is 4.89. The second kappa shape index (κ2) is 7.01. The molecule has 1 aliphatic rings. The van der Waals surface area contributed by atoms with E-state index in [0.717, 1.165) is 5.56 Å². The third-order valence-electron chi connectivity index (χ3n) is 4.95. The van der Waals surface area contributed by atoms with Gasteiger partial charge in [0.1, 0.15) is 0 Å². The zero-order valence-corrected chi connectivity index (χ0v) is 15.9. The molecule has 136 valence electrons. The first kappa shape index (κ1) is 18.1. The van der Waals surface area contributed by atoms with Crippen LogP contribution in [-0.2, 0) is 12.1 Å². The lowest BCUT2D eigenvalue weighted by atomic mass is 9.93. The van der Waals surface area contributed by atoms with Crippen molar-refractivity contribution in [2.24, 2.45) is 0 Å². The molecule has 0 saturated carbocycles. The fraction of sp³-hybridized carbons (Fsp3) is 0.136.